The Hall–Kier alpha value is -6.50. The molecule has 0 aliphatic carbocycles. The summed E-state index contributed by atoms with van der Waals surface area (Å²) in [5, 5.41) is 2.70. The molecule has 0 radical (unpaired) electrons. The number of nitrogens with zero attached hydrogens (tertiary/aromatic N) is 2. The number of amides is 1. The lowest BCUT2D eigenvalue weighted by Gasteiger charge is -2.37. The summed E-state index contributed by atoms with van der Waals surface area (Å²) in [7, 11) is 0. The van der Waals surface area contributed by atoms with Crippen molar-refractivity contribution in [2.45, 2.75) is 94.6 Å². The molecular formula is C47H56N4O11. The quantitative estimate of drug-likeness (QED) is 0.0631. The Morgan fingerprint density at radius 2 is 1.32 bits per heavy atom. The van der Waals surface area contributed by atoms with E-state index in [-0.39, 0.29) is 58.6 Å². The van der Waals surface area contributed by atoms with Crippen LogP contribution >= 0.6 is 0 Å². The van der Waals surface area contributed by atoms with E-state index in [1.165, 1.54) is 47.2 Å². The van der Waals surface area contributed by atoms with Crippen LogP contribution in [0.4, 0.5) is 5.82 Å². The molecule has 0 spiro atoms. The Balaban J connectivity index is 0.00000416. The number of nitrogens with one attached hydrogen (secondary N) is 1. The first kappa shape index (κ1) is 48.2. The predicted octanol–water partition coefficient (Wildman–Crippen LogP) is 7.16. The summed E-state index contributed by atoms with van der Waals surface area (Å²) >= 11 is 0. The highest BCUT2D eigenvalue weighted by atomic mass is 16.7. The van der Waals surface area contributed by atoms with E-state index in [0.717, 1.165) is 0 Å². The fourth-order valence-electron chi connectivity index (χ4n) is 5.77. The molecule has 15 heteroatoms. The lowest BCUT2D eigenvalue weighted by Crippen LogP contribution is -2.34. The number of carbonyl (C=O) groups is 4. The highest BCUT2D eigenvalue weighted by molar-refractivity contribution is 5.96. The Morgan fingerprint density at radius 3 is 1.81 bits per heavy atom. The van der Waals surface area contributed by atoms with Gasteiger partial charge in [0, 0.05) is 48.2 Å². The van der Waals surface area contributed by atoms with Crippen LogP contribution in [0.15, 0.2) is 71.7 Å². The number of hydrogen-bond acceptors (Lipinski definition) is 13. The van der Waals surface area contributed by atoms with E-state index in [4.69, 9.17) is 34.2 Å². The molecule has 0 atom stereocenters. The highest BCUT2D eigenvalue weighted by Gasteiger charge is 2.43. The zero-order valence-electron chi connectivity index (χ0n) is 37.2. The summed E-state index contributed by atoms with van der Waals surface area (Å²) < 4.78 is 36.1. The molecule has 0 saturated carbocycles. The standard InChI is InChI=1S/C45H50N4O11.C2H6/c1-10-55-36(56-11-2)26-49-25-29(37(46)48-42(49)54)13-12-22-47-38(50)27-14-16-28(17-15-27)39(51)60-45(9)32-20-18-30(57-40(52)43(3,4)5)23-34(32)59-35-24-31(19-21-33(35)45)58-41(53)44(6,7)8;1-2/h14-21,23-25,36H,10-11,22,26H2,1-9H3,(H,47,50)(H2,46,48,54);1-2H3. The first-order valence-electron chi connectivity index (χ1n) is 20.4. The van der Waals surface area contributed by atoms with E-state index in [0.29, 0.717) is 24.3 Å². The Bertz CT molecular complexity index is 2310. The number of rotatable bonds is 12. The van der Waals surface area contributed by atoms with Gasteiger partial charge in [-0.05, 0) is 111 Å². The van der Waals surface area contributed by atoms with E-state index in [9.17, 15) is 24.0 Å². The fourth-order valence-corrected chi connectivity index (χ4v) is 5.77. The molecule has 330 valence electrons. The van der Waals surface area contributed by atoms with Crippen molar-refractivity contribution < 1.29 is 47.6 Å². The van der Waals surface area contributed by atoms with Crippen LogP contribution in [0.5, 0.6) is 23.0 Å². The minimum absolute atomic E-state index is 0.0544. The zero-order chi connectivity index (χ0) is 46.0. The van der Waals surface area contributed by atoms with Crippen molar-refractivity contribution >= 4 is 29.6 Å². The smallest absolute Gasteiger partial charge is 0.349 e. The van der Waals surface area contributed by atoms with Gasteiger partial charge in [-0.25, -0.2) is 9.59 Å². The second-order valence-corrected chi connectivity index (χ2v) is 16.0. The molecule has 5 rings (SSSR count). The number of ether oxygens (including phenoxy) is 6. The number of carbonyl (C=O) groups excluding carboxylic acids is 4. The second-order valence-electron chi connectivity index (χ2n) is 16.0. The Morgan fingerprint density at radius 1 is 0.823 bits per heavy atom. The maximum absolute atomic E-state index is 13.8. The number of aromatic nitrogens is 2. The van der Waals surface area contributed by atoms with Gasteiger partial charge in [0.15, 0.2) is 11.9 Å². The molecule has 1 aliphatic heterocycles. The molecule has 1 amide bonds. The van der Waals surface area contributed by atoms with Gasteiger partial charge in [0.1, 0.15) is 28.8 Å². The lowest BCUT2D eigenvalue weighted by atomic mass is 9.84. The predicted molar refractivity (Wildman–Crippen MR) is 232 cm³/mol. The van der Waals surface area contributed by atoms with Crippen LogP contribution in [0, 0.1) is 22.7 Å². The average molecular weight is 853 g/mol. The monoisotopic (exact) mass is 852 g/mol. The molecule has 1 aromatic heterocycles. The van der Waals surface area contributed by atoms with Gasteiger partial charge in [-0.15, -0.1) is 0 Å². The number of nitrogens with two attached hydrogens (primary N) is 1. The molecular weight excluding hydrogens is 797 g/mol. The fraction of sp³-hybridized carbons (Fsp3) is 0.404. The van der Waals surface area contributed by atoms with Crippen LogP contribution in [0.3, 0.4) is 0 Å². The average Bonchev–Trinajstić information content (AvgIpc) is 3.21. The van der Waals surface area contributed by atoms with Crippen molar-refractivity contribution in [2.75, 3.05) is 25.5 Å². The molecule has 3 aromatic carbocycles. The summed E-state index contributed by atoms with van der Waals surface area (Å²) in [6.07, 6.45) is 0.808. The van der Waals surface area contributed by atoms with Crippen molar-refractivity contribution in [3.05, 3.63) is 105 Å². The summed E-state index contributed by atoms with van der Waals surface area (Å²) in [6.45, 7) is 20.6. The third kappa shape index (κ3) is 11.9. The lowest BCUT2D eigenvalue weighted by molar-refractivity contribution is -0.144. The molecule has 0 fully saturated rings. The molecule has 15 nitrogen and oxygen atoms in total. The van der Waals surface area contributed by atoms with Gasteiger partial charge in [-0.2, -0.15) is 4.98 Å². The molecule has 0 bridgehead atoms. The maximum Gasteiger partial charge on any atom is 0.349 e. The number of anilines is 1. The minimum atomic E-state index is -1.44. The Kier molecular flexibility index (Phi) is 15.8. The molecule has 2 heterocycles. The van der Waals surface area contributed by atoms with Gasteiger partial charge in [0.2, 0.25) is 0 Å². The summed E-state index contributed by atoms with van der Waals surface area (Å²) in [5.74, 6) is 4.46. The highest BCUT2D eigenvalue weighted by Crippen LogP contribution is 2.51. The summed E-state index contributed by atoms with van der Waals surface area (Å²) in [5.41, 5.74) is 4.01. The number of hydrogen-bond donors (Lipinski definition) is 2. The number of benzene rings is 3. The summed E-state index contributed by atoms with van der Waals surface area (Å²) in [4.78, 5) is 68.5. The topological polar surface area (TPSA) is 197 Å². The normalized spacial score (nSPS) is 12.5. The van der Waals surface area contributed by atoms with Crippen molar-refractivity contribution in [1.29, 1.82) is 0 Å². The van der Waals surface area contributed by atoms with Crippen LogP contribution in [0.1, 0.15) is 114 Å². The van der Waals surface area contributed by atoms with Crippen molar-refractivity contribution in [3.8, 4) is 34.8 Å². The first-order chi connectivity index (χ1) is 29.2. The minimum Gasteiger partial charge on any atom is -0.456 e. The van der Waals surface area contributed by atoms with Crippen LogP contribution in [-0.2, 0) is 35.9 Å². The molecule has 4 aromatic rings. The largest absolute Gasteiger partial charge is 0.456 e. The molecule has 1 aliphatic rings. The van der Waals surface area contributed by atoms with E-state index in [1.807, 2.05) is 27.7 Å². The van der Waals surface area contributed by atoms with Crippen LogP contribution in [-0.4, -0.2) is 59.4 Å². The van der Waals surface area contributed by atoms with Crippen molar-refractivity contribution in [1.82, 2.24) is 14.9 Å². The van der Waals surface area contributed by atoms with Gasteiger partial charge in [0.05, 0.1) is 35.0 Å². The molecule has 62 heavy (non-hydrogen) atoms. The van der Waals surface area contributed by atoms with Crippen molar-refractivity contribution in [3.63, 3.8) is 0 Å². The zero-order valence-corrected chi connectivity index (χ0v) is 37.2. The number of esters is 3. The van der Waals surface area contributed by atoms with E-state index < -0.39 is 52.2 Å². The third-order valence-electron chi connectivity index (χ3n) is 9.11. The number of nitrogen functional groups attached to an aromatic ring is 1. The molecule has 3 N–H and O–H groups in total. The van der Waals surface area contributed by atoms with Gasteiger partial charge in [-0.3, -0.25) is 19.0 Å². The summed E-state index contributed by atoms with van der Waals surface area (Å²) in [6, 6.07) is 15.4. The van der Waals surface area contributed by atoms with E-state index in [2.05, 4.69) is 22.1 Å². The van der Waals surface area contributed by atoms with Crippen LogP contribution in [0.25, 0.3) is 0 Å². The van der Waals surface area contributed by atoms with Gasteiger partial charge in [0.25, 0.3) is 5.91 Å². The third-order valence-corrected chi connectivity index (χ3v) is 9.11. The first-order valence-corrected chi connectivity index (χ1v) is 20.4. The van der Waals surface area contributed by atoms with Crippen LogP contribution < -0.4 is 31.0 Å². The molecule has 0 unspecified atom stereocenters. The van der Waals surface area contributed by atoms with Gasteiger partial charge >= 0.3 is 23.6 Å². The van der Waals surface area contributed by atoms with Crippen LogP contribution in [0.2, 0.25) is 0 Å². The van der Waals surface area contributed by atoms with Crippen molar-refractivity contribution in [2.24, 2.45) is 10.8 Å². The number of fused-ring (bicyclic) bond motifs is 2. The van der Waals surface area contributed by atoms with E-state index >= 15 is 0 Å². The van der Waals surface area contributed by atoms with E-state index in [1.54, 1.807) is 72.7 Å². The van der Waals surface area contributed by atoms with Gasteiger partial charge < -0.3 is 39.5 Å². The second kappa shape index (κ2) is 20.4. The Labute approximate surface area is 362 Å². The SMILES string of the molecule is CC.CCOC(Cn1cc(C#CCNC(=O)c2ccc(C(=O)OC3(C)c4ccc(OC(=O)C(C)(C)C)cc4Oc4cc(OC(=O)C(C)(C)C)ccc43)cc2)c(N)nc1=O)OCC. The van der Waals surface area contributed by atoms with Gasteiger partial charge in [-0.1, -0.05) is 25.7 Å². The maximum atomic E-state index is 13.8. The molecule has 0 saturated heterocycles.